The average molecular weight is 270 g/mol. The number of alkyl halides is 3. The molecule has 1 atom stereocenters. The van der Waals surface area contributed by atoms with Crippen molar-refractivity contribution in [1.82, 2.24) is 10.6 Å². The van der Waals surface area contributed by atoms with Gasteiger partial charge in [-0.3, -0.25) is 0 Å². The van der Waals surface area contributed by atoms with Crippen LogP contribution in [0.25, 0.3) is 0 Å². The highest BCUT2D eigenvalue weighted by molar-refractivity contribution is 5.76. The number of aliphatic carboxylic acids is 1. The maximum atomic E-state index is 12.5. The number of halogens is 3. The summed E-state index contributed by atoms with van der Waals surface area (Å²) in [6.45, 7) is -0.229. The topological polar surface area (TPSA) is 98.7 Å². The van der Waals surface area contributed by atoms with Crippen LogP contribution in [0.4, 0.5) is 18.0 Å². The Hall–Kier alpha value is -1.51. The first-order valence-electron chi connectivity index (χ1n) is 5.21. The molecule has 0 aromatic rings. The maximum absolute atomic E-state index is 12.5. The summed E-state index contributed by atoms with van der Waals surface area (Å²) in [7, 11) is 0. The van der Waals surface area contributed by atoms with Gasteiger partial charge in [0.25, 0.3) is 0 Å². The first kappa shape index (κ1) is 14.6. The third-order valence-electron chi connectivity index (χ3n) is 2.63. The van der Waals surface area contributed by atoms with Gasteiger partial charge in [0.05, 0.1) is 0 Å². The fraction of sp³-hybridized carbons (Fsp3) is 0.778. The molecule has 0 spiro atoms. The Bertz CT molecular complexity index is 341. The van der Waals surface area contributed by atoms with Crippen molar-refractivity contribution in [3.8, 4) is 0 Å². The van der Waals surface area contributed by atoms with Gasteiger partial charge in [0.15, 0.2) is 6.10 Å². The molecule has 4 N–H and O–H groups in total. The smallest absolute Gasteiger partial charge is 0.411 e. The van der Waals surface area contributed by atoms with Gasteiger partial charge in [0, 0.05) is 13.0 Å². The lowest BCUT2D eigenvalue weighted by molar-refractivity contribution is -0.162. The minimum absolute atomic E-state index is 0.165. The zero-order chi connectivity index (χ0) is 14.0. The van der Waals surface area contributed by atoms with E-state index in [0.29, 0.717) is 0 Å². The summed E-state index contributed by atoms with van der Waals surface area (Å²) in [5.74, 6) is -1.45. The highest BCUT2D eigenvalue weighted by atomic mass is 19.4. The van der Waals surface area contributed by atoms with E-state index in [1.807, 2.05) is 0 Å². The minimum Gasteiger partial charge on any atom is -0.479 e. The second-order valence-electron chi connectivity index (χ2n) is 4.10. The molecule has 0 bridgehead atoms. The van der Waals surface area contributed by atoms with Gasteiger partial charge in [0.1, 0.15) is 5.54 Å². The van der Waals surface area contributed by atoms with Gasteiger partial charge in [-0.15, -0.1) is 0 Å². The van der Waals surface area contributed by atoms with Crippen molar-refractivity contribution >= 4 is 12.0 Å². The van der Waals surface area contributed by atoms with Gasteiger partial charge < -0.3 is 20.8 Å². The molecular weight excluding hydrogens is 257 g/mol. The average Bonchev–Trinajstić information content (AvgIpc) is 2.97. The molecule has 0 aliphatic heterocycles. The number of amides is 2. The number of hydrogen-bond donors (Lipinski definition) is 4. The van der Waals surface area contributed by atoms with Crippen LogP contribution in [0.1, 0.15) is 19.3 Å². The van der Waals surface area contributed by atoms with Gasteiger partial charge in [-0.2, -0.15) is 13.2 Å². The molecule has 9 heteroatoms. The lowest BCUT2D eigenvalue weighted by atomic mass is 10.2. The molecule has 0 radical (unpaired) electrons. The van der Waals surface area contributed by atoms with Gasteiger partial charge in [0.2, 0.25) is 0 Å². The van der Waals surface area contributed by atoms with E-state index in [0.717, 1.165) is 0 Å². The number of carbonyl (C=O) groups excluding carboxylic acids is 1. The number of aliphatic hydroxyl groups is 1. The number of hydrogen-bond acceptors (Lipinski definition) is 3. The molecule has 0 saturated heterocycles. The number of aliphatic hydroxyl groups excluding tert-OH is 1. The van der Waals surface area contributed by atoms with Crippen molar-refractivity contribution in [3.05, 3.63) is 0 Å². The van der Waals surface area contributed by atoms with Gasteiger partial charge >= 0.3 is 18.2 Å². The van der Waals surface area contributed by atoms with Crippen LogP contribution in [0.15, 0.2) is 0 Å². The summed E-state index contributed by atoms with van der Waals surface area (Å²) in [5.41, 5.74) is -2.15. The van der Waals surface area contributed by atoms with E-state index in [1.165, 1.54) is 0 Å². The zero-order valence-corrected chi connectivity index (χ0v) is 9.25. The fourth-order valence-electron chi connectivity index (χ4n) is 1.31. The molecule has 1 aliphatic rings. The molecule has 6 nitrogen and oxygen atoms in total. The molecule has 1 fully saturated rings. The quantitative estimate of drug-likeness (QED) is 0.574. The van der Waals surface area contributed by atoms with Crippen LogP contribution in [0.3, 0.4) is 0 Å². The summed E-state index contributed by atoms with van der Waals surface area (Å²) in [6.07, 6.45) is -6.75. The van der Waals surface area contributed by atoms with Crippen molar-refractivity contribution in [2.75, 3.05) is 6.54 Å². The van der Waals surface area contributed by atoms with Crippen LogP contribution >= 0.6 is 0 Å². The number of carbonyl (C=O) groups is 2. The van der Waals surface area contributed by atoms with Crippen molar-refractivity contribution in [1.29, 1.82) is 0 Å². The zero-order valence-electron chi connectivity index (χ0n) is 9.25. The van der Waals surface area contributed by atoms with Crippen LogP contribution in [-0.4, -0.2) is 46.6 Å². The van der Waals surface area contributed by atoms with E-state index in [-0.39, 0.29) is 25.8 Å². The van der Waals surface area contributed by atoms with Gasteiger partial charge in [-0.1, -0.05) is 0 Å². The number of urea groups is 1. The van der Waals surface area contributed by atoms with E-state index < -0.39 is 29.8 Å². The second kappa shape index (κ2) is 5.01. The second-order valence-corrected chi connectivity index (χ2v) is 4.10. The molecule has 2 amide bonds. The lowest BCUT2D eigenvalue weighted by Crippen LogP contribution is -2.51. The van der Waals surface area contributed by atoms with Crippen molar-refractivity contribution < 1.29 is 33.0 Å². The van der Waals surface area contributed by atoms with Crippen LogP contribution in [0, 0.1) is 0 Å². The van der Waals surface area contributed by atoms with E-state index in [1.54, 1.807) is 5.32 Å². The summed E-state index contributed by atoms with van der Waals surface area (Å²) in [4.78, 5) is 21.4. The third-order valence-corrected chi connectivity index (χ3v) is 2.63. The van der Waals surface area contributed by atoms with Crippen LogP contribution in [0.2, 0.25) is 0 Å². The van der Waals surface area contributed by atoms with E-state index in [2.05, 4.69) is 5.32 Å². The van der Waals surface area contributed by atoms with Crippen LogP contribution < -0.4 is 10.6 Å². The predicted octanol–water partition coefficient (Wildman–Crippen LogP) is 0.216. The molecule has 0 heterocycles. The van der Waals surface area contributed by atoms with Crippen molar-refractivity contribution in [2.24, 2.45) is 0 Å². The first-order valence-corrected chi connectivity index (χ1v) is 5.21. The van der Waals surface area contributed by atoms with Crippen molar-refractivity contribution in [2.45, 2.75) is 37.1 Å². The Morgan fingerprint density at radius 2 is 1.89 bits per heavy atom. The number of nitrogens with one attached hydrogen (secondary N) is 2. The Kier molecular flexibility index (Phi) is 4.05. The third kappa shape index (κ3) is 3.49. The number of carboxylic acid groups (broad SMARTS) is 1. The summed E-state index contributed by atoms with van der Waals surface area (Å²) in [5, 5.41) is 21.1. The molecule has 0 aromatic heterocycles. The Morgan fingerprint density at radius 1 is 1.33 bits per heavy atom. The lowest BCUT2D eigenvalue weighted by Gasteiger charge is -2.20. The van der Waals surface area contributed by atoms with E-state index in [4.69, 9.17) is 10.2 Å². The molecule has 1 saturated carbocycles. The summed E-state index contributed by atoms with van der Waals surface area (Å²) >= 11 is 0. The maximum Gasteiger partial charge on any atom is 0.411 e. The molecular formula is C9H13F3N2O4. The highest BCUT2D eigenvalue weighted by Gasteiger charge is 2.64. The monoisotopic (exact) mass is 270 g/mol. The molecule has 1 rings (SSSR count). The molecule has 104 valence electrons. The van der Waals surface area contributed by atoms with Crippen molar-refractivity contribution in [3.63, 3.8) is 0 Å². The standard InChI is InChI=1S/C9H13F3N2O4/c10-9(11,12)8(2-3-8)14-7(18)13-4-1-5(15)6(16)17/h5,15H,1-4H2,(H,16,17)(H2,13,14,18). The number of carboxylic acids is 1. The minimum atomic E-state index is -4.50. The van der Waals surface area contributed by atoms with Crippen LogP contribution in [-0.2, 0) is 4.79 Å². The fourth-order valence-corrected chi connectivity index (χ4v) is 1.31. The SMILES string of the molecule is O=C(NCCC(O)C(=O)O)NC1(C(F)(F)F)CC1. The Labute approximate surface area is 100 Å². The summed E-state index contributed by atoms with van der Waals surface area (Å²) < 4.78 is 37.4. The normalized spacial score (nSPS) is 18.9. The van der Waals surface area contributed by atoms with E-state index in [9.17, 15) is 22.8 Å². The molecule has 1 aliphatic carbocycles. The molecule has 1 unspecified atom stereocenters. The Morgan fingerprint density at radius 3 is 2.28 bits per heavy atom. The summed E-state index contributed by atoms with van der Waals surface area (Å²) in [6, 6.07) is -1.03. The first-order chi connectivity index (χ1) is 8.18. The number of rotatable bonds is 5. The molecule has 18 heavy (non-hydrogen) atoms. The van der Waals surface area contributed by atoms with E-state index >= 15 is 0 Å². The highest BCUT2D eigenvalue weighted by Crippen LogP contribution is 2.48. The molecule has 0 aromatic carbocycles. The van der Waals surface area contributed by atoms with Gasteiger partial charge in [-0.25, -0.2) is 9.59 Å². The van der Waals surface area contributed by atoms with Crippen LogP contribution in [0.5, 0.6) is 0 Å². The predicted molar refractivity (Wildman–Crippen MR) is 52.8 cm³/mol. The van der Waals surface area contributed by atoms with Gasteiger partial charge in [-0.05, 0) is 12.8 Å². The Balaban J connectivity index is 2.29. The largest absolute Gasteiger partial charge is 0.479 e.